The van der Waals surface area contributed by atoms with Crippen molar-refractivity contribution in [2.24, 2.45) is 7.05 Å². The first-order valence-electron chi connectivity index (χ1n) is 7.65. The first kappa shape index (κ1) is 18.7. The molecule has 2 aromatic heterocycles. The van der Waals surface area contributed by atoms with Gasteiger partial charge in [-0.3, -0.25) is 4.79 Å². The average Bonchev–Trinajstić information content (AvgIpc) is 2.97. The number of benzene rings is 1. The SMILES string of the molecule is Cc1ccccc1-c1nnc(SCC(=O)Nc2ncc(Cl)cc2Cl)n1C. The number of pyridine rings is 1. The minimum Gasteiger partial charge on any atom is -0.309 e. The number of carbonyl (C=O) groups excluding carboxylic acids is 1. The van der Waals surface area contributed by atoms with Crippen molar-refractivity contribution in [3.8, 4) is 11.4 Å². The van der Waals surface area contributed by atoms with E-state index in [1.54, 1.807) is 0 Å². The lowest BCUT2D eigenvalue weighted by atomic mass is 10.1. The molecule has 0 aliphatic heterocycles. The van der Waals surface area contributed by atoms with Crippen LogP contribution in [-0.4, -0.2) is 31.4 Å². The summed E-state index contributed by atoms with van der Waals surface area (Å²) in [4.78, 5) is 16.1. The number of thioether (sulfide) groups is 1. The summed E-state index contributed by atoms with van der Waals surface area (Å²) in [6.45, 7) is 2.02. The highest BCUT2D eigenvalue weighted by Gasteiger charge is 2.15. The quantitative estimate of drug-likeness (QED) is 0.640. The Balaban J connectivity index is 1.67. The second-order valence-electron chi connectivity index (χ2n) is 5.50. The molecule has 0 radical (unpaired) electrons. The van der Waals surface area contributed by atoms with Gasteiger partial charge in [0.1, 0.15) is 0 Å². The number of anilines is 1. The Bertz CT molecular complexity index is 960. The van der Waals surface area contributed by atoms with E-state index in [1.807, 2.05) is 42.8 Å². The van der Waals surface area contributed by atoms with Crippen molar-refractivity contribution in [3.05, 3.63) is 52.1 Å². The number of amides is 1. The number of nitrogens with zero attached hydrogens (tertiary/aromatic N) is 4. The van der Waals surface area contributed by atoms with Crippen molar-refractivity contribution in [1.29, 1.82) is 0 Å². The lowest BCUT2D eigenvalue weighted by Gasteiger charge is -2.07. The van der Waals surface area contributed by atoms with Gasteiger partial charge in [0.05, 0.1) is 15.8 Å². The molecule has 0 atom stereocenters. The van der Waals surface area contributed by atoms with Crippen LogP contribution >= 0.6 is 35.0 Å². The molecule has 134 valence electrons. The van der Waals surface area contributed by atoms with Crippen LogP contribution in [-0.2, 0) is 11.8 Å². The molecule has 0 fully saturated rings. The Kier molecular flexibility index (Phi) is 5.80. The molecule has 0 spiro atoms. The van der Waals surface area contributed by atoms with Crippen molar-refractivity contribution in [3.63, 3.8) is 0 Å². The van der Waals surface area contributed by atoms with E-state index in [2.05, 4.69) is 20.5 Å². The summed E-state index contributed by atoms with van der Waals surface area (Å²) in [5.74, 6) is 0.946. The van der Waals surface area contributed by atoms with Crippen LogP contribution in [0.1, 0.15) is 5.56 Å². The lowest BCUT2D eigenvalue weighted by Crippen LogP contribution is -2.15. The van der Waals surface area contributed by atoms with Gasteiger partial charge >= 0.3 is 0 Å². The van der Waals surface area contributed by atoms with Gasteiger partial charge in [-0.25, -0.2) is 4.98 Å². The van der Waals surface area contributed by atoms with Crippen molar-refractivity contribution in [2.45, 2.75) is 12.1 Å². The molecule has 26 heavy (non-hydrogen) atoms. The van der Waals surface area contributed by atoms with E-state index in [9.17, 15) is 4.79 Å². The zero-order valence-electron chi connectivity index (χ0n) is 14.0. The monoisotopic (exact) mass is 407 g/mol. The van der Waals surface area contributed by atoms with E-state index >= 15 is 0 Å². The fourth-order valence-corrected chi connectivity index (χ4v) is 3.44. The summed E-state index contributed by atoms with van der Waals surface area (Å²) < 4.78 is 1.87. The van der Waals surface area contributed by atoms with Crippen LogP contribution in [0.4, 0.5) is 5.82 Å². The Morgan fingerprint density at radius 2 is 2.04 bits per heavy atom. The van der Waals surface area contributed by atoms with E-state index in [1.165, 1.54) is 24.0 Å². The van der Waals surface area contributed by atoms with Crippen LogP contribution in [0.2, 0.25) is 10.0 Å². The van der Waals surface area contributed by atoms with Gasteiger partial charge < -0.3 is 9.88 Å². The predicted molar refractivity (Wildman–Crippen MR) is 105 cm³/mol. The molecule has 2 heterocycles. The van der Waals surface area contributed by atoms with Gasteiger partial charge in [-0.05, 0) is 18.6 Å². The Morgan fingerprint density at radius 1 is 1.27 bits per heavy atom. The zero-order valence-corrected chi connectivity index (χ0v) is 16.4. The molecule has 0 saturated heterocycles. The van der Waals surface area contributed by atoms with E-state index in [4.69, 9.17) is 23.2 Å². The van der Waals surface area contributed by atoms with E-state index in [0.717, 1.165) is 17.0 Å². The summed E-state index contributed by atoms with van der Waals surface area (Å²) in [6.07, 6.45) is 1.42. The number of carbonyl (C=O) groups is 1. The first-order valence-corrected chi connectivity index (χ1v) is 9.39. The van der Waals surface area contributed by atoms with Gasteiger partial charge in [0.15, 0.2) is 16.8 Å². The number of halogens is 2. The number of aromatic nitrogens is 4. The van der Waals surface area contributed by atoms with E-state index in [-0.39, 0.29) is 22.5 Å². The van der Waals surface area contributed by atoms with Gasteiger partial charge in [0, 0.05) is 18.8 Å². The second kappa shape index (κ2) is 8.07. The minimum absolute atomic E-state index is 0.153. The standard InChI is InChI=1S/C17H15Cl2N5OS/c1-10-5-3-4-6-12(10)16-22-23-17(24(16)2)26-9-14(25)21-15-13(19)7-11(18)8-20-15/h3-8H,9H2,1-2H3,(H,20,21,25). The molecule has 0 bridgehead atoms. The van der Waals surface area contributed by atoms with Crippen LogP contribution in [0.3, 0.4) is 0 Å². The number of nitrogens with one attached hydrogen (secondary N) is 1. The normalized spacial score (nSPS) is 10.8. The minimum atomic E-state index is -0.243. The van der Waals surface area contributed by atoms with Gasteiger partial charge in [0.25, 0.3) is 0 Å². The molecule has 1 aromatic carbocycles. The topological polar surface area (TPSA) is 72.7 Å². The highest BCUT2D eigenvalue weighted by molar-refractivity contribution is 7.99. The van der Waals surface area contributed by atoms with Crippen molar-refractivity contribution in [2.75, 3.05) is 11.1 Å². The molecular weight excluding hydrogens is 393 g/mol. The summed E-state index contributed by atoms with van der Waals surface area (Å²) in [7, 11) is 1.87. The van der Waals surface area contributed by atoms with Crippen molar-refractivity contribution in [1.82, 2.24) is 19.7 Å². The molecule has 3 rings (SSSR count). The van der Waals surface area contributed by atoms with Crippen LogP contribution in [0.15, 0.2) is 41.7 Å². The summed E-state index contributed by atoms with van der Waals surface area (Å²) >= 11 is 13.1. The van der Waals surface area contributed by atoms with Gasteiger partial charge in [-0.2, -0.15) is 0 Å². The zero-order chi connectivity index (χ0) is 18.7. The molecule has 1 amide bonds. The Labute approximate surface area is 164 Å². The summed E-state index contributed by atoms with van der Waals surface area (Å²) in [5, 5.41) is 12.4. The van der Waals surface area contributed by atoms with Crippen molar-refractivity contribution >= 4 is 46.7 Å². The number of hydrogen-bond donors (Lipinski definition) is 1. The smallest absolute Gasteiger partial charge is 0.236 e. The fourth-order valence-electron chi connectivity index (χ4n) is 2.30. The molecule has 6 nitrogen and oxygen atoms in total. The summed E-state index contributed by atoms with van der Waals surface area (Å²) in [5.41, 5.74) is 2.12. The average molecular weight is 408 g/mol. The van der Waals surface area contributed by atoms with Crippen LogP contribution < -0.4 is 5.32 Å². The van der Waals surface area contributed by atoms with Gasteiger partial charge in [-0.1, -0.05) is 59.2 Å². The maximum atomic E-state index is 12.1. The van der Waals surface area contributed by atoms with Crippen LogP contribution in [0.25, 0.3) is 11.4 Å². The Morgan fingerprint density at radius 3 is 2.77 bits per heavy atom. The molecule has 1 N–H and O–H groups in total. The second-order valence-corrected chi connectivity index (χ2v) is 7.29. The number of hydrogen-bond acceptors (Lipinski definition) is 5. The highest BCUT2D eigenvalue weighted by Crippen LogP contribution is 2.26. The Hall–Kier alpha value is -2.09. The fraction of sp³-hybridized carbons (Fsp3) is 0.176. The molecule has 3 aromatic rings. The van der Waals surface area contributed by atoms with E-state index in [0.29, 0.717) is 10.2 Å². The van der Waals surface area contributed by atoms with Gasteiger partial charge in [0.2, 0.25) is 5.91 Å². The highest BCUT2D eigenvalue weighted by atomic mass is 35.5. The first-order chi connectivity index (χ1) is 12.5. The van der Waals surface area contributed by atoms with Gasteiger partial charge in [-0.15, -0.1) is 10.2 Å². The molecule has 0 saturated carbocycles. The lowest BCUT2D eigenvalue weighted by molar-refractivity contribution is -0.113. The number of rotatable bonds is 5. The van der Waals surface area contributed by atoms with Crippen molar-refractivity contribution < 1.29 is 4.79 Å². The maximum absolute atomic E-state index is 12.1. The molecule has 0 unspecified atom stereocenters. The predicted octanol–water partition coefficient (Wildman–Crippen LogP) is 4.22. The molecule has 0 aliphatic rings. The molecule has 0 aliphatic carbocycles. The maximum Gasteiger partial charge on any atom is 0.236 e. The van der Waals surface area contributed by atoms with Crippen LogP contribution in [0.5, 0.6) is 0 Å². The largest absolute Gasteiger partial charge is 0.309 e. The molecule has 9 heteroatoms. The van der Waals surface area contributed by atoms with Crippen LogP contribution in [0, 0.1) is 6.92 Å². The third-order valence-electron chi connectivity index (χ3n) is 3.62. The molecular formula is C17H15Cl2N5OS. The third kappa shape index (κ3) is 4.17. The van der Waals surface area contributed by atoms with E-state index < -0.39 is 0 Å². The summed E-state index contributed by atoms with van der Waals surface area (Å²) in [6, 6.07) is 9.48. The third-order valence-corrected chi connectivity index (χ3v) is 5.13. The number of aryl methyl sites for hydroxylation is 1.